The van der Waals surface area contributed by atoms with Gasteiger partial charge in [0.25, 0.3) is 5.91 Å². The topological polar surface area (TPSA) is 68.0 Å². The van der Waals surface area contributed by atoms with E-state index in [0.717, 1.165) is 17.8 Å². The molecule has 0 bridgehead atoms. The Bertz CT molecular complexity index is 418. The summed E-state index contributed by atoms with van der Waals surface area (Å²) in [5.74, 6) is 0.540. The average Bonchev–Trinajstić information content (AvgIpc) is 2.73. The molecular weight excluding hydrogens is 294 g/mol. The van der Waals surface area contributed by atoms with Gasteiger partial charge in [0.1, 0.15) is 5.69 Å². The number of hydrogen-bond acceptors (Lipinski definition) is 4. The zero-order valence-corrected chi connectivity index (χ0v) is 14.4. The molecule has 0 aliphatic rings. The molecule has 3 N–H and O–H groups in total. The summed E-state index contributed by atoms with van der Waals surface area (Å²) < 4.78 is 0. The number of carbonyl (C=O) groups is 1. The molecule has 1 aromatic heterocycles. The van der Waals surface area contributed by atoms with E-state index in [0.29, 0.717) is 24.7 Å². The van der Waals surface area contributed by atoms with Crippen LogP contribution in [0.3, 0.4) is 0 Å². The van der Waals surface area contributed by atoms with Gasteiger partial charge in [-0.2, -0.15) is 0 Å². The predicted octanol–water partition coefficient (Wildman–Crippen LogP) is 2.87. The van der Waals surface area contributed by atoms with Crippen LogP contribution >= 0.6 is 23.7 Å². The second-order valence-corrected chi connectivity index (χ2v) is 7.05. The lowest BCUT2D eigenvalue weighted by atomic mass is 9.84. The normalized spacial score (nSPS) is 11.3. The fourth-order valence-electron chi connectivity index (χ4n) is 2.24. The van der Waals surface area contributed by atoms with E-state index < -0.39 is 0 Å². The Morgan fingerprint density at radius 2 is 2.15 bits per heavy atom. The molecule has 0 aromatic carbocycles. The number of halogens is 1. The number of rotatable bonds is 7. The second kappa shape index (κ2) is 8.60. The number of aromatic nitrogens is 1. The highest BCUT2D eigenvalue weighted by Gasteiger charge is 2.21. The molecule has 6 heteroatoms. The fraction of sp³-hybridized carbons (Fsp3) is 0.714. The summed E-state index contributed by atoms with van der Waals surface area (Å²) in [6, 6.07) is 0. The molecular formula is C14H26ClN3OS. The van der Waals surface area contributed by atoms with Crippen LogP contribution in [0.5, 0.6) is 0 Å². The first-order valence-corrected chi connectivity index (χ1v) is 7.64. The molecule has 1 heterocycles. The third kappa shape index (κ3) is 6.68. The lowest BCUT2D eigenvalue weighted by molar-refractivity contribution is 0.0927. The molecule has 116 valence electrons. The van der Waals surface area contributed by atoms with Gasteiger partial charge < -0.3 is 11.1 Å². The first-order valence-electron chi connectivity index (χ1n) is 6.77. The standard InChI is InChI=1S/C14H25N3OS.ClH/c1-10(2)7-14(3,4)9-16-13(18)11-8-19-12(17-11)5-6-15;/h8,10H,5-7,9,15H2,1-4H3,(H,16,18);1H. The molecule has 0 radical (unpaired) electrons. The van der Waals surface area contributed by atoms with Crippen LogP contribution in [0.4, 0.5) is 0 Å². The quantitative estimate of drug-likeness (QED) is 0.812. The molecule has 1 aromatic rings. The van der Waals surface area contributed by atoms with Crippen molar-refractivity contribution in [3.05, 3.63) is 16.1 Å². The number of nitrogens with zero attached hydrogens (tertiary/aromatic N) is 1. The van der Waals surface area contributed by atoms with Crippen LogP contribution in [0.25, 0.3) is 0 Å². The van der Waals surface area contributed by atoms with E-state index in [1.807, 2.05) is 0 Å². The summed E-state index contributed by atoms with van der Waals surface area (Å²) in [4.78, 5) is 16.3. The van der Waals surface area contributed by atoms with E-state index in [-0.39, 0.29) is 23.7 Å². The average molecular weight is 320 g/mol. The van der Waals surface area contributed by atoms with Crippen molar-refractivity contribution in [1.29, 1.82) is 0 Å². The van der Waals surface area contributed by atoms with Gasteiger partial charge in [-0.3, -0.25) is 4.79 Å². The highest BCUT2D eigenvalue weighted by Crippen LogP contribution is 2.24. The molecule has 0 fully saturated rings. The Balaban J connectivity index is 0.00000361. The number of hydrogen-bond donors (Lipinski definition) is 2. The fourth-order valence-corrected chi connectivity index (χ4v) is 3.04. The van der Waals surface area contributed by atoms with Crippen LogP contribution in [0.1, 0.15) is 49.6 Å². The number of nitrogens with one attached hydrogen (secondary N) is 1. The lowest BCUT2D eigenvalue weighted by Gasteiger charge is -2.26. The minimum absolute atomic E-state index is 0. The molecule has 0 atom stereocenters. The minimum atomic E-state index is -0.0867. The molecule has 0 saturated carbocycles. The third-order valence-corrected chi connectivity index (χ3v) is 3.74. The van der Waals surface area contributed by atoms with E-state index in [1.165, 1.54) is 11.3 Å². The van der Waals surface area contributed by atoms with Gasteiger partial charge >= 0.3 is 0 Å². The SMILES string of the molecule is CC(C)CC(C)(C)CNC(=O)c1csc(CCN)n1.Cl. The van der Waals surface area contributed by atoms with Crippen LogP contribution in [0.2, 0.25) is 0 Å². The minimum Gasteiger partial charge on any atom is -0.350 e. The van der Waals surface area contributed by atoms with E-state index in [4.69, 9.17) is 5.73 Å². The number of amides is 1. The molecule has 0 aliphatic heterocycles. The Kier molecular flexibility index (Phi) is 8.32. The third-order valence-electron chi connectivity index (χ3n) is 2.83. The number of carbonyl (C=O) groups excluding carboxylic acids is 1. The molecule has 4 nitrogen and oxygen atoms in total. The van der Waals surface area contributed by atoms with Gasteiger partial charge in [-0.15, -0.1) is 23.7 Å². The maximum atomic E-state index is 12.0. The van der Waals surface area contributed by atoms with Crippen LogP contribution in [0, 0.1) is 11.3 Å². The van der Waals surface area contributed by atoms with Gasteiger partial charge in [0, 0.05) is 18.3 Å². The molecule has 0 unspecified atom stereocenters. The first kappa shape index (κ1) is 19.4. The molecule has 0 spiro atoms. The highest BCUT2D eigenvalue weighted by molar-refractivity contribution is 7.09. The predicted molar refractivity (Wildman–Crippen MR) is 87.7 cm³/mol. The van der Waals surface area contributed by atoms with Crippen LogP contribution in [0.15, 0.2) is 5.38 Å². The maximum absolute atomic E-state index is 12.0. The molecule has 1 rings (SSSR count). The number of nitrogens with two attached hydrogens (primary N) is 1. The van der Waals surface area contributed by atoms with Gasteiger partial charge in [0.05, 0.1) is 5.01 Å². The summed E-state index contributed by atoms with van der Waals surface area (Å²) in [6.45, 7) is 9.98. The van der Waals surface area contributed by atoms with Gasteiger partial charge in [-0.25, -0.2) is 4.98 Å². The van der Waals surface area contributed by atoms with E-state index in [9.17, 15) is 4.79 Å². The zero-order valence-electron chi connectivity index (χ0n) is 12.7. The van der Waals surface area contributed by atoms with Crippen molar-refractivity contribution < 1.29 is 4.79 Å². The van der Waals surface area contributed by atoms with Crippen LogP contribution in [-0.2, 0) is 6.42 Å². The van der Waals surface area contributed by atoms with Gasteiger partial charge in [-0.1, -0.05) is 27.7 Å². The van der Waals surface area contributed by atoms with Crippen molar-refractivity contribution in [2.24, 2.45) is 17.1 Å². The maximum Gasteiger partial charge on any atom is 0.270 e. The van der Waals surface area contributed by atoms with E-state index >= 15 is 0 Å². The Morgan fingerprint density at radius 3 is 2.70 bits per heavy atom. The van der Waals surface area contributed by atoms with Gasteiger partial charge in [-0.05, 0) is 24.3 Å². The van der Waals surface area contributed by atoms with Crippen molar-refractivity contribution in [3.8, 4) is 0 Å². The second-order valence-electron chi connectivity index (χ2n) is 6.11. The largest absolute Gasteiger partial charge is 0.350 e. The zero-order chi connectivity index (χ0) is 14.5. The Hall–Kier alpha value is -0.650. The molecule has 0 saturated heterocycles. The van der Waals surface area contributed by atoms with E-state index in [1.54, 1.807) is 5.38 Å². The first-order chi connectivity index (χ1) is 8.84. The van der Waals surface area contributed by atoms with Crippen molar-refractivity contribution in [1.82, 2.24) is 10.3 Å². The summed E-state index contributed by atoms with van der Waals surface area (Å²) in [5.41, 5.74) is 6.09. The number of thiazole rings is 1. The summed E-state index contributed by atoms with van der Waals surface area (Å²) in [5, 5.41) is 5.70. The van der Waals surface area contributed by atoms with Crippen LogP contribution in [-0.4, -0.2) is 24.0 Å². The molecule has 1 amide bonds. The lowest BCUT2D eigenvalue weighted by Crippen LogP contribution is -2.35. The van der Waals surface area contributed by atoms with Crippen molar-refractivity contribution in [3.63, 3.8) is 0 Å². The summed E-state index contributed by atoms with van der Waals surface area (Å²) >= 11 is 1.49. The highest BCUT2D eigenvalue weighted by atomic mass is 35.5. The van der Waals surface area contributed by atoms with Gasteiger partial charge in [0.15, 0.2) is 0 Å². The molecule has 20 heavy (non-hydrogen) atoms. The Morgan fingerprint density at radius 1 is 1.50 bits per heavy atom. The van der Waals surface area contributed by atoms with Crippen LogP contribution < -0.4 is 11.1 Å². The molecule has 0 aliphatic carbocycles. The summed E-state index contributed by atoms with van der Waals surface area (Å²) in [6.07, 6.45) is 1.82. The van der Waals surface area contributed by atoms with E-state index in [2.05, 4.69) is 38.0 Å². The Labute approximate surface area is 132 Å². The smallest absolute Gasteiger partial charge is 0.270 e. The summed E-state index contributed by atoms with van der Waals surface area (Å²) in [7, 11) is 0. The monoisotopic (exact) mass is 319 g/mol. The van der Waals surface area contributed by atoms with Gasteiger partial charge in [0.2, 0.25) is 0 Å². The van der Waals surface area contributed by atoms with Crippen molar-refractivity contribution in [2.45, 2.75) is 40.5 Å². The van der Waals surface area contributed by atoms with Crippen molar-refractivity contribution >= 4 is 29.7 Å². The van der Waals surface area contributed by atoms with Crippen molar-refractivity contribution in [2.75, 3.05) is 13.1 Å².